The maximum Gasteiger partial charge on any atom is 0.232 e. The van der Waals surface area contributed by atoms with E-state index in [-0.39, 0.29) is 11.5 Å². The van der Waals surface area contributed by atoms with E-state index in [0.29, 0.717) is 40.2 Å². The van der Waals surface area contributed by atoms with Crippen molar-refractivity contribution in [1.29, 1.82) is 0 Å². The molecule has 33 heavy (non-hydrogen) atoms. The molecular weight excluding hydrogens is 481 g/mol. The second-order valence-electron chi connectivity index (χ2n) is 8.18. The maximum atomic E-state index is 13.2. The molecule has 0 saturated heterocycles. The van der Waals surface area contributed by atoms with Crippen molar-refractivity contribution < 1.29 is 14.3 Å². The fraction of sp³-hybridized carbons (Fsp3) is 0.192. The minimum atomic E-state index is -0.158. The first-order valence-electron chi connectivity index (χ1n) is 10.5. The summed E-state index contributed by atoms with van der Waals surface area (Å²) < 4.78 is 12.1. The SMILES string of the molecule is Cc1cc2c(c3c1C(=O)/C(=C\c1ccc(Cl)cc1Cl)O3)CN(CCc1ccc(Cl)cc1)CO2. The molecule has 168 valence electrons. The van der Waals surface area contributed by atoms with Crippen LogP contribution in [0.5, 0.6) is 11.5 Å². The Labute approximate surface area is 207 Å². The molecule has 2 heterocycles. The fourth-order valence-electron chi connectivity index (χ4n) is 4.12. The van der Waals surface area contributed by atoms with E-state index in [4.69, 9.17) is 44.3 Å². The smallest absolute Gasteiger partial charge is 0.232 e. The number of Topliss-reactive ketones (excluding diaryl/α,β-unsaturated/α-hetero) is 1. The Hall–Kier alpha value is -2.50. The highest BCUT2D eigenvalue weighted by Crippen LogP contribution is 2.44. The Balaban J connectivity index is 1.40. The molecule has 2 aliphatic rings. The van der Waals surface area contributed by atoms with Gasteiger partial charge in [0.2, 0.25) is 5.78 Å². The van der Waals surface area contributed by atoms with Crippen LogP contribution < -0.4 is 9.47 Å². The Bertz CT molecular complexity index is 1280. The number of hydrogen-bond acceptors (Lipinski definition) is 4. The summed E-state index contributed by atoms with van der Waals surface area (Å²) in [5.41, 5.74) is 4.17. The van der Waals surface area contributed by atoms with Gasteiger partial charge in [-0.05, 0) is 66.4 Å². The quantitative estimate of drug-likeness (QED) is 0.363. The van der Waals surface area contributed by atoms with Crippen molar-refractivity contribution in [2.45, 2.75) is 19.9 Å². The third-order valence-corrected chi connectivity index (χ3v) is 6.68. The van der Waals surface area contributed by atoms with Crippen LogP contribution in [0, 0.1) is 6.92 Å². The topological polar surface area (TPSA) is 38.8 Å². The highest BCUT2D eigenvalue weighted by Gasteiger charge is 2.35. The zero-order valence-electron chi connectivity index (χ0n) is 17.8. The summed E-state index contributed by atoms with van der Waals surface area (Å²) in [5, 5.41) is 1.72. The lowest BCUT2D eigenvalue weighted by Gasteiger charge is -2.30. The molecule has 0 N–H and O–H groups in total. The van der Waals surface area contributed by atoms with E-state index >= 15 is 0 Å². The number of halogens is 3. The summed E-state index contributed by atoms with van der Waals surface area (Å²) in [6, 6.07) is 14.9. The normalized spacial score (nSPS) is 16.4. The third kappa shape index (κ3) is 4.49. The lowest BCUT2D eigenvalue weighted by molar-refractivity contribution is 0.0949. The average molecular weight is 501 g/mol. The van der Waals surface area contributed by atoms with Crippen LogP contribution >= 0.6 is 34.8 Å². The van der Waals surface area contributed by atoms with Crippen molar-refractivity contribution in [3.8, 4) is 11.5 Å². The first-order valence-corrected chi connectivity index (χ1v) is 11.7. The van der Waals surface area contributed by atoms with Gasteiger partial charge in [0.15, 0.2) is 5.76 Å². The molecule has 7 heteroatoms. The molecule has 4 nitrogen and oxygen atoms in total. The number of allylic oxidation sites excluding steroid dienone is 1. The molecule has 0 amide bonds. The Morgan fingerprint density at radius 1 is 1.03 bits per heavy atom. The van der Waals surface area contributed by atoms with Crippen molar-refractivity contribution >= 4 is 46.7 Å². The van der Waals surface area contributed by atoms with Crippen molar-refractivity contribution in [1.82, 2.24) is 4.90 Å². The van der Waals surface area contributed by atoms with Crippen LogP contribution in [0.15, 0.2) is 54.3 Å². The number of carbonyl (C=O) groups is 1. The first-order chi connectivity index (χ1) is 15.9. The van der Waals surface area contributed by atoms with Gasteiger partial charge in [-0.25, -0.2) is 0 Å². The molecule has 0 radical (unpaired) electrons. The average Bonchev–Trinajstić information content (AvgIpc) is 3.12. The van der Waals surface area contributed by atoms with Crippen LogP contribution in [0.1, 0.15) is 32.6 Å². The summed E-state index contributed by atoms with van der Waals surface area (Å²) in [7, 11) is 0. The standard InChI is InChI=1S/C26H20Cl3NO3/c1-15-10-22-20(13-30(14-32-22)9-8-16-2-5-18(27)6-3-16)26-24(15)25(31)23(33-26)11-17-4-7-19(28)12-21(17)29/h2-7,10-12H,8-9,13-14H2,1H3/b23-11+. The van der Waals surface area contributed by atoms with Crippen molar-refractivity contribution in [2.75, 3.05) is 13.3 Å². The Morgan fingerprint density at radius 2 is 1.79 bits per heavy atom. The summed E-state index contributed by atoms with van der Waals surface area (Å²) in [5.74, 6) is 1.41. The first kappa shape index (κ1) is 22.3. The van der Waals surface area contributed by atoms with Crippen molar-refractivity contribution in [3.63, 3.8) is 0 Å². The number of hydrogen-bond donors (Lipinski definition) is 0. The molecular formula is C26H20Cl3NO3. The van der Waals surface area contributed by atoms with Crippen LogP contribution in [0.3, 0.4) is 0 Å². The number of benzene rings is 3. The largest absolute Gasteiger partial charge is 0.478 e. The molecule has 0 spiro atoms. The molecule has 0 aromatic heterocycles. The number of fused-ring (bicyclic) bond motifs is 3. The van der Waals surface area contributed by atoms with Gasteiger partial charge in [-0.3, -0.25) is 9.69 Å². The molecule has 2 aliphatic heterocycles. The van der Waals surface area contributed by atoms with E-state index in [1.165, 1.54) is 5.56 Å². The molecule has 3 aromatic carbocycles. The maximum absolute atomic E-state index is 13.2. The molecule has 0 unspecified atom stereocenters. The van der Waals surface area contributed by atoms with E-state index in [2.05, 4.69) is 4.90 Å². The number of ether oxygens (including phenoxy) is 2. The van der Waals surface area contributed by atoms with Crippen LogP contribution in [0.2, 0.25) is 15.1 Å². The summed E-state index contributed by atoms with van der Waals surface area (Å²) >= 11 is 18.3. The predicted octanol–water partition coefficient (Wildman–Crippen LogP) is 6.97. The predicted molar refractivity (Wildman–Crippen MR) is 132 cm³/mol. The van der Waals surface area contributed by atoms with E-state index in [1.807, 2.05) is 37.3 Å². The van der Waals surface area contributed by atoms with Crippen molar-refractivity contribution in [3.05, 3.63) is 97.2 Å². The van der Waals surface area contributed by atoms with E-state index in [0.717, 1.165) is 34.9 Å². The molecule has 0 fully saturated rings. The van der Waals surface area contributed by atoms with Gasteiger partial charge >= 0.3 is 0 Å². The monoisotopic (exact) mass is 499 g/mol. The van der Waals surface area contributed by atoms with E-state index in [1.54, 1.807) is 24.3 Å². The highest BCUT2D eigenvalue weighted by molar-refractivity contribution is 6.35. The Kier molecular flexibility index (Phi) is 6.11. The number of rotatable bonds is 4. The minimum absolute atomic E-state index is 0.158. The number of nitrogens with zero attached hydrogens (tertiary/aromatic N) is 1. The summed E-state index contributed by atoms with van der Waals surface area (Å²) in [4.78, 5) is 15.4. The van der Waals surface area contributed by atoms with Gasteiger partial charge in [0.25, 0.3) is 0 Å². The molecule has 5 rings (SSSR count). The second kappa shape index (κ2) is 9.03. The van der Waals surface area contributed by atoms with Crippen LogP contribution in [-0.2, 0) is 13.0 Å². The van der Waals surface area contributed by atoms with Gasteiger partial charge in [0.1, 0.15) is 18.2 Å². The number of aryl methyl sites for hydroxylation is 1. The summed E-state index contributed by atoms with van der Waals surface area (Å²) in [6.07, 6.45) is 2.53. The zero-order chi connectivity index (χ0) is 23.1. The van der Waals surface area contributed by atoms with Crippen LogP contribution in [0.4, 0.5) is 0 Å². The van der Waals surface area contributed by atoms with Gasteiger partial charge in [0, 0.05) is 28.2 Å². The summed E-state index contributed by atoms with van der Waals surface area (Å²) in [6.45, 7) is 3.82. The second-order valence-corrected chi connectivity index (χ2v) is 9.46. The van der Waals surface area contributed by atoms with E-state index < -0.39 is 0 Å². The van der Waals surface area contributed by atoms with Gasteiger partial charge in [-0.15, -0.1) is 0 Å². The molecule has 3 aromatic rings. The number of ketones is 1. The van der Waals surface area contributed by atoms with Gasteiger partial charge in [0.05, 0.1) is 11.1 Å². The molecule has 0 bridgehead atoms. The van der Waals surface area contributed by atoms with Crippen LogP contribution in [0.25, 0.3) is 6.08 Å². The lowest BCUT2D eigenvalue weighted by atomic mass is 9.98. The fourth-order valence-corrected chi connectivity index (χ4v) is 4.71. The van der Waals surface area contributed by atoms with Crippen molar-refractivity contribution in [2.24, 2.45) is 0 Å². The highest BCUT2D eigenvalue weighted by atomic mass is 35.5. The number of carbonyl (C=O) groups excluding carboxylic acids is 1. The van der Waals surface area contributed by atoms with E-state index in [9.17, 15) is 4.79 Å². The van der Waals surface area contributed by atoms with Gasteiger partial charge < -0.3 is 9.47 Å². The third-order valence-electron chi connectivity index (χ3n) is 5.87. The van der Waals surface area contributed by atoms with Crippen LogP contribution in [-0.4, -0.2) is 24.0 Å². The Morgan fingerprint density at radius 3 is 2.55 bits per heavy atom. The molecule has 0 saturated carbocycles. The molecule has 0 atom stereocenters. The van der Waals surface area contributed by atoms with Gasteiger partial charge in [-0.1, -0.05) is 53.0 Å². The minimum Gasteiger partial charge on any atom is -0.478 e. The lowest BCUT2D eigenvalue weighted by Crippen LogP contribution is -2.33. The molecule has 0 aliphatic carbocycles. The van der Waals surface area contributed by atoms with Gasteiger partial charge in [-0.2, -0.15) is 0 Å². The zero-order valence-corrected chi connectivity index (χ0v) is 20.1.